The lowest BCUT2D eigenvalue weighted by molar-refractivity contribution is 0.545. The van der Waals surface area contributed by atoms with Crippen molar-refractivity contribution in [3.63, 3.8) is 0 Å². The van der Waals surface area contributed by atoms with Crippen molar-refractivity contribution in [2.24, 2.45) is 0 Å². The van der Waals surface area contributed by atoms with Gasteiger partial charge in [0.25, 0.3) is 0 Å². The van der Waals surface area contributed by atoms with Gasteiger partial charge in [-0.3, -0.25) is 4.57 Å². The van der Waals surface area contributed by atoms with Crippen LogP contribution >= 0.6 is 0 Å². The van der Waals surface area contributed by atoms with Gasteiger partial charge in [0.15, 0.2) is 5.88 Å². The average Bonchev–Trinajstić information content (AvgIpc) is 3.13. The Labute approximate surface area is 125 Å². The van der Waals surface area contributed by atoms with E-state index in [1.165, 1.54) is 0 Å². The van der Waals surface area contributed by atoms with E-state index in [2.05, 4.69) is 33.6 Å². The second-order valence-electron chi connectivity index (χ2n) is 4.29. The molecule has 0 saturated heterocycles. The Morgan fingerprint density at radius 1 is 1.20 bits per heavy atom. The molecular weight excluding hydrogens is 267 g/mol. The SMILES string of the molecule is CCc1cn(-c2ccccc2)c(-n2nccc2[O][Al])n1. The van der Waals surface area contributed by atoms with Crippen LogP contribution in [0, 0.1) is 0 Å². The Morgan fingerprint density at radius 3 is 2.70 bits per heavy atom. The van der Waals surface area contributed by atoms with Crippen LogP contribution in [0.25, 0.3) is 11.6 Å². The quantitative estimate of drug-likeness (QED) is 0.687. The van der Waals surface area contributed by atoms with E-state index in [4.69, 9.17) is 3.79 Å². The fourth-order valence-corrected chi connectivity index (χ4v) is 2.23. The van der Waals surface area contributed by atoms with Crippen molar-refractivity contribution in [2.45, 2.75) is 13.3 Å². The third-order valence-corrected chi connectivity index (χ3v) is 3.29. The van der Waals surface area contributed by atoms with Gasteiger partial charge in [-0.2, -0.15) is 9.78 Å². The summed E-state index contributed by atoms with van der Waals surface area (Å²) in [5.74, 6) is 1.34. The lowest BCUT2D eigenvalue weighted by atomic mass is 10.3. The van der Waals surface area contributed by atoms with E-state index in [-0.39, 0.29) is 0 Å². The summed E-state index contributed by atoms with van der Waals surface area (Å²) in [6.45, 7) is 2.08. The minimum absolute atomic E-state index is 0.625. The largest absolute Gasteiger partial charge is 0.640 e. The van der Waals surface area contributed by atoms with Crippen LogP contribution in [0.4, 0.5) is 0 Å². The first-order valence-corrected chi connectivity index (χ1v) is 6.85. The third-order valence-electron chi connectivity index (χ3n) is 3.05. The van der Waals surface area contributed by atoms with E-state index in [1.807, 2.05) is 41.1 Å². The molecule has 3 rings (SSSR count). The highest BCUT2D eigenvalue weighted by atomic mass is 27.1. The van der Waals surface area contributed by atoms with E-state index < -0.39 is 0 Å². The molecular formula is C14H13AlN4O. The molecule has 5 nitrogen and oxygen atoms in total. The first-order chi connectivity index (χ1) is 9.83. The van der Waals surface area contributed by atoms with E-state index in [0.717, 1.165) is 23.8 Å². The Kier molecular flexibility index (Phi) is 3.59. The van der Waals surface area contributed by atoms with Crippen LogP contribution in [0.1, 0.15) is 12.6 Å². The molecule has 0 aliphatic carbocycles. The lowest BCUT2D eigenvalue weighted by Crippen LogP contribution is -2.08. The minimum atomic E-state index is 0.625. The highest BCUT2D eigenvalue weighted by Crippen LogP contribution is 2.20. The Morgan fingerprint density at radius 2 is 2.00 bits per heavy atom. The zero-order valence-electron chi connectivity index (χ0n) is 11.1. The number of rotatable bonds is 4. The molecule has 0 N–H and O–H groups in total. The molecule has 0 saturated carbocycles. The second-order valence-corrected chi connectivity index (χ2v) is 4.53. The standard InChI is InChI=1S/C14H14N4O.Al/c1-2-11-10-17(12-6-4-3-5-7-12)14(16-11)18-13(19)8-9-15-18;/h3-10,19H,2H2,1H3;/q;+1/p-1. The zero-order chi connectivity index (χ0) is 13.9. The zero-order valence-corrected chi connectivity index (χ0v) is 12.3. The van der Waals surface area contributed by atoms with E-state index >= 15 is 0 Å². The number of hydrogen-bond acceptors (Lipinski definition) is 3. The smallest absolute Gasteiger partial charge is 0.483 e. The summed E-state index contributed by atoms with van der Waals surface area (Å²) in [6, 6.07) is 11.9. The summed E-state index contributed by atoms with van der Waals surface area (Å²) in [4.78, 5) is 4.63. The van der Waals surface area contributed by atoms with Gasteiger partial charge in [-0.15, -0.1) is 0 Å². The minimum Gasteiger partial charge on any atom is -0.640 e. The molecule has 2 heterocycles. The predicted molar refractivity (Wildman–Crippen MR) is 76.4 cm³/mol. The maximum atomic E-state index is 5.24. The van der Waals surface area contributed by atoms with Crippen LogP contribution in [0.3, 0.4) is 0 Å². The van der Waals surface area contributed by atoms with Crippen molar-refractivity contribution in [2.75, 3.05) is 0 Å². The van der Waals surface area contributed by atoms with E-state index in [0.29, 0.717) is 5.88 Å². The Hall–Kier alpha value is -2.03. The van der Waals surface area contributed by atoms with Crippen LogP contribution in [0.5, 0.6) is 5.88 Å². The molecule has 0 aliphatic rings. The van der Waals surface area contributed by atoms with E-state index in [1.54, 1.807) is 16.9 Å². The van der Waals surface area contributed by atoms with Crippen molar-refractivity contribution in [3.05, 3.63) is 54.5 Å². The van der Waals surface area contributed by atoms with Gasteiger partial charge < -0.3 is 3.79 Å². The second kappa shape index (κ2) is 5.53. The van der Waals surface area contributed by atoms with Crippen LogP contribution in [-0.4, -0.2) is 36.0 Å². The molecule has 98 valence electrons. The molecule has 2 aromatic heterocycles. The molecule has 0 amide bonds. The van der Waals surface area contributed by atoms with Gasteiger partial charge in [0.1, 0.15) is 0 Å². The van der Waals surface area contributed by atoms with Crippen LogP contribution in [0.15, 0.2) is 48.8 Å². The molecule has 1 aromatic carbocycles. The maximum absolute atomic E-state index is 5.24. The molecule has 3 aromatic rings. The lowest BCUT2D eigenvalue weighted by Gasteiger charge is -2.10. The van der Waals surface area contributed by atoms with Crippen molar-refractivity contribution in [3.8, 4) is 17.5 Å². The number of para-hydroxylation sites is 1. The number of nitrogens with zero attached hydrogens (tertiary/aromatic N) is 4. The predicted octanol–water partition coefficient (Wildman–Crippen LogP) is 2.08. The van der Waals surface area contributed by atoms with Gasteiger partial charge in [-0.1, -0.05) is 25.1 Å². The van der Waals surface area contributed by atoms with Crippen molar-refractivity contribution >= 4 is 16.6 Å². The number of benzene rings is 1. The van der Waals surface area contributed by atoms with Crippen molar-refractivity contribution in [1.29, 1.82) is 0 Å². The first kappa shape index (κ1) is 13.0. The summed E-state index contributed by atoms with van der Waals surface area (Å²) in [5.41, 5.74) is 2.05. The number of imidazole rings is 1. The molecule has 0 spiro atoms. The Bertz CT molecular complexity index is 705. The first-order valence-electron chi connectivity index (χ1n) is 6.38. The monoisotopic (exact) mass is 280 g/mol. The van der Waals surface area contributed by atoms with Crippen LogP contribution < -0.4 is 3.79 Å². The topological polar surface area (TPSA) is 44.9 Å². The Balaban J connectivity index is 2.18. The van der Waals surface area contributed by atoms with Crippen molar-refractivity contribution in [1.82, 2.24) is 19.3 Å². The molecule has 2 radical (unpaired) electrons. The molecule has 0 fully saturated rings. The summed E-state index contributed by atoms with van der Waals surface area (Å²) in [6.07, 6.45) is 4.58. The van der Waals surface area contributed by atoms with Crippen LogP contribution in [-0.2, 0) is 6.42 Å². The molecule has 20 heavy (non-hydrogen) atoms. The van der Waals surface area contributed by atoms with Crippen LogP contribution in [0.2, 0.25) is 0 Å². The molecule has 6 heteroatoms. The number of hydrogen-bond donors (Lipinski definition) is 0. The average molecular weight is 280 g/mol. The summed E-state index contributed by atoms with van der Waals surface area (Å²) in [7, 11) is 0. The summed E-state index contributed by atoms with van der Waals surface area (Å²) >= 11 is 2.23. The number of aromatic nitrogens is 4. The number of aryl methyl sites for hydroxylation is 1. The highest BCUT2D eigenvalue weighted by molar-refractivity contribution is 5.99. The summed E-state index contributed by atoms with van der Waals surface area (Å²) in [5, 5.41) is 4.29. The van der Waals surface area contributed by atoms with Gasteiger partial charge in [-0.25, -0.2) is 4.98 Å². The van der Waals surface area contributed by atoms with Crippen molar-refractivity contribution < 1.29 is 3.79 Å². The molecule has 0 bridgehead atoms. The van der Waals surface area contributed by atoms with Gasteiger partial charge in [-0.05, 0) is 18.6 Å². The van der Waals surface area contributed by atoms with E-state index in [9.17, 15) is 0 Å². The molecule has 0 atom stereocenters. The van der Waals surface area contributed by atoms with Gasteiger partial charge in [0.2, 0.25) is 5.95 Å². The van der Waals surface area contributed by atoms with Gasteiger partial charge in [0.05, 0.1) is 11.9 Å². The highest BCUT2D eigenvalue weighted by Gasteiger charge is 2.14. The third kappa shape index (κ3) is 2.24. The normalized spacial score (nSPS) is 10.7. The van der Waals surface area contributed by atoms with Gasteiger partial charge >= 0.3 is 16.6 Å². The maximum Gasteiger partial charge on any atom is 0.483 e. The molecule has 0 unspecified atom stereocenters. The fourth-order valence-electron chi connectivity index (χ4n) is 2.05. The summed E-state index contributed by atoms with van der Waals surface area (Å²) < 4.78 is 8.93. The molecule has 0 aliphatic heterocycles. The fraction of sp³-hybridized carbons (Fsp3) is 0.143. The van der Waals surface area contributed by atoms with Gasteiger partial charge in [0, 0.05) is 18.0 Å².